The van der Waals surface area contributed by atoms with E-state index in [1.54, 1.807) is 0 Å². The Balaban J connectivity index is 1.87. The van der Waals surface area contributed by atoms with Crippen LogP contribution in [0.25, 0.3) is 0 Å². The zero-order valence-electron chi connectivity index (χ0n) is 13.0. The van der Waals surface area contributed by atoms with Crippen molar-refractivity contribution in [3.8, 4) is 0 Å². The second kappa shape index (κ2) is 6.87. The lowest BCUT2D eigenvalue weighted by molar-refractivity contribution is -0.125. The second-order valence-corrected chi connectivity index (χ2v) is 6.46. The Kier molecular flexibility index (Phi) is 5.41. The number of nitrogens with one attached hydrogen (secondary N) is 1. The van der Waals surface area contributed by atoms with Crippen molar-refractivity contribution < 1.29 is 4.79 Å². The summed E-state index contributed by atoms with van der Waals surface area (Å²) >= 11 is 0. The van der Waals surface area contributed by atoms with Crippen LogP contribution in [-0.2, 0) is 4.79 Å². The fourth-order valence-corrected chi connectivity index (χ4v) is 3.91. The first kappa shape index (κ1) is 15.7. The van der Waals surface area contributed by atoms with Crippen LogP contribution in [0.4, 0.5) is 0 Å². The molecule has 1 saturated carbocycles. The quantitative estimate of drug-likeness (QED) is 0.759. The minimum atomic E-state index is -0.456. The summed E-state index contributed by atoms with van der Waals surface area (Å²) in [6.07, 6.45) is 5.45. The highest BCUT2D eigenvalue weighted by molar-refractivity contribution is 5.85. The summed E-state index contributed by atoms with van der Waals surface area (Å²) in [7, 11) is 4.07. The summed E-state index contributed by atoms with van der Waals surface area (Å²) in [6.45, 7) is 5.76. The molecule has 5 nitrogen and oxygen atoms in total. The molecule has 1 amide bonds. The molecule has 2 unspecified atom stereocenters. The molecule has 0 spiro atoms. The number of likely N-dealkylation sites (N-methyl/N-ethyl adjacent to an activating group) is 2. The highest BCUT2D eigenvalue weighted by Gasteiger charge is 2.46. The Morgan fingerprint density at radius 3 is 2.80 bits per heavy atom. The third kappa shape index (κ3) is 3.32. The molecular weight excluding hydrogens is 252 g/mol. The van der Waals surface area contributed by atoms with Gasteiger partial charge >= 0.3 is 0 Å². The molecule has 0 aromatic heterocycles. The lowest BCUT2D eigenvalue weighted by Crippen LogP contribution is -2.56. The van der Waals surface area contributed by atoms with Crippen LogP contribution in [-0.4, -0.2) is 68.1 Å². The van der Waals surface area contributed by atoms with Gasteiger partial charge in [-0.25, -0.2) is 0 Å². The van der Waals surface area contributed by atoms with Crippen LogP contribution in [0.15, 0.2) is 0 Å². The summed E-state index contributed by atoms with van der Waals surface area (Å²) < 4.78 is 0. The van der Waals surface area contributed by atoms with Crippen molar-refractivity contribution >= 4 is 5.91 Å². The summed E-state index contributed by atoms with van der Waals surface area (Å²) in [6, 6.07) is 0. The van der Waals surface area contributed by atoms with Gasteiger partial charge in [0.05, 0.1) is 0 Å². The average molecular weight is 282 g/mol. The maximum Gasteiger partial charge on any atom is 0.238 e. The third-order valence-electron chi connectivity index (χ3n) is 5.31. The van der Waals surface area contributed by atoms with E-state index < -0.39 is 5.54 Å². The first-order valence-electron chi connectivity index (χ1n) is 7.98. The number of amides is 1. The Bertz CT molecular complexity index is 336. The summed E-state index contributed by atoms with van der Waals surface area (Å²) in [4.78, 5) is 16.8. The summed E-state index contributed by atoms with van der Waals surface area (Å²) in [5.74, 6) is 0.226. The van der Waals surface area contributed by atoms with Gasteiger partial charge < -0.3 is 20.9 Å². The Morgan fingerprint density at radius 2 is 2.10 bits per heavy atom. The van der Waals surface area contributed by atoms with E-state index in [9.17, 15) is 4.79 Å². The zero-order chi connectivity index (χ0) is 14.6. The van der Waals surface area contributed by atoms with Crippen LogP contribution < -0.4 is 11.1 Å². The van der Waals surface area contributed by atoms with Gasteiger partial charge in [-0.05, 0) is 65.3 Å². The first-order valence-corrected chi connectivity index (χ1v) is 7.98. The fraction of sp³-hybridized carbons (Fsp3) is 0.933. The molecule has 1 aliphatic carbocycles. The standard InChI is InChI=1S/C15H30N4O/c1-17-15(14(16)20)7-3-5-13(15)6-10-19-9-4-8-18(2)11-12-19/h13,17H,3-12H2,1-2H3,(H2,16,20). The van der Waals surface area contributed by atoms with Gasteiger partial charge in [-0.3, -0.25) is 4.79 Å². The van der Waals surface area contributed by atoms with Gasteiger partial charge in [0.2, 0.25) is 5.91 Å². The SMILES string of the molecule is CNC1(C(N)=O)CCCC1CCN1CCCN(C)CC1. The number of carbonyl (C=O) groups is 1. The van der Waals surface area contributed by atoms with Crippen molar-refractivity contribution in [1.29, 1.82) is 0 Å². The lowest BCUT2D eigenvalue weighted by atomic mass is 9.84. The minimum Gasteiger partial charge on any atom is -0.368 e. The molecule has 0 aromatic carbocycles. The highest BCUT2D eigenvalue weighted by Crippen LogP contribution is 2.37. The molecule has 0 aromatic rings. The number of primary amides is 1. The second-order valence-electron chi connectivity index (χ2n) is 6.46. The molecule has 20 heavy (non-hydrogen) atoms. The number of hydrogen-bond donors (Lipinski definition) is 2. The Hall–Kier alpha value is -0.650. The van der Waals surface area contributed by atoms with E-state index in [1.807, 2.05) is 7.05 Å². The molecule has 3 N–H and O–H groups in total. The zero-order valence-corrected chi connectivity index (χ0v) is 13.0. The molecule has 0 bridgehead atoms. The van der Waals surface area contributed by atoms with Gasteiger partial charge in [0.15, 0.2) is 0 Å². The van der Waals surface area contributed by atoms with Crippen molar-refractivity contribution in [2.75, 3.05) is 46.8 Å². The smallest absolute Gasteiger partial charge is 0.238 e. The van der Waals surface area contributed by atoms with Crippen molar-refractivity contribution in [2.45, 2.75) is 37.6 Å². The van der Waals surface area contributed by atoms with Crippen LogP contribution in [0.3, 0.4) is 0 Å². The molecule has 2 atom stereocenters. The highest BCUT2D eigenvalue weighted by atomic mass is 16.1. The molecular formula is C15H30N4O. The van der Waals surface area contributed by atoms with E-state index in [-0.39, 0.29) is 5.91 Å². The molecule has 1 saturated heterocycles. The molecule has 5 heteroatoms. The van der Waals surface area contributed by atoms with Gasteiger partial charge in [0.25, 0.3) is 0 Å². The van der Waals surface area contributed by atoms with E-state index >= 15 is 0 Å². The summed E-state index contributed by atoms with van der Waals surface area (Å²) in [5.41, 5.74) is 5.21. The Morgan fingerprint density at radius 1 is 1.30 bits per heavy atom. The van der Waals surface area contributed by atoms with Crippen molar-refractivity contribution in [3.05, 3.63) is 0 Å². The summed E-state index contributed by atoms with van der Waals surface area (Å²) in [5, 5.41) is 3.23. The van der Waals surface area contributed by atoms with Crippen molar-refractivity contribution in [2.24, 2.45) is 11.7 Å². The molecule has 2 fully saturated rings. The number of rotatable bonds is 5. The fourth-order valence-electron chi connectivity index (χ4n) is 3.91. The van der Waals surface area contributed by atoms with Gasteiger partial charge in [-0.1, -0.05) is 6.42 Å². The number of carbonyl (C=O) groups excluding carboxylic acids is 1. The van der Waals surface area contributed by atoms with Crippen LogP contribution in [0, 0.1) is 5.92 Å². The number of nitrogens with zero attached hydrogens (tertiary/aromatic N) is 2. The van der Waals surface area contributed by atoms with E-state index in [0.717, 1.165) is 45.3 Å². The predicted molar refractivity (Wildman–Crippen MR) is 81.5 cm³/mol. The maximum atomic E-state index is 11.9. The Labute approximate surface area is 122 Å². The van der Waals surface area contributed by atoms with Crippen LogP contribution in [0.5, 0.6) is 0 Å². The average Bonchev–Trinajstić information content (AvgIpc) is 2.74. The van der Waals surface area contributed by atoms with Gasteiger partial charge in [0.1, 0.15) is 5.54 Å². The largest absolute Gasteiger partial charge is 0.368 e. The third-order valence-corrected chi connectivity index (χ3v) is 5.31. The predicted octanol–water partition coefficient (Wildman–Crippen LogP) is 0.258. The maximum absolute atomic E-state index is 11.9. The van der Waals surface area contributed by atoms with Crippen molar-refractivity contribution in [3.63, 3.8) is 0 Å². The number of hydrogen-bond acceptors (Lipinski definition) is 4. The minimum absolute atomic E-state index is 0.168. The first-order chi connectivity index (χ1) is 9.58. The van der Waals surface area contributed by atoms with Crippen LogP contribution in [0.1, 0.15) is 32.1 Å². The van der Waals surface area contributed by atoms with Gasteiger partial charge in [0, 0.05) is 13.1 Å². The molecule has 116 valence electrons. The monoisotopic (exact) mass is 282 g/mol. The molecule has 0 radical (unpaired) electrons. The normalized spacial score (nSPS) is 33.2. The van der Waals surface area contributed by atoms with E-state index in [0.29, 0.717) is 5.92 Å². The van der Waals surface area contributed by atoms with Crippen LogP contribution in [0.2, 0.25) is 0 Å². The van der Waals surface area contributed by atoms with E-state index in [2.05, 4.69) is 22.2 Å². The number of nitrogens with two attached hydrogens (primary N) is 1. The lowest BCUT2D eigenvalue weighted by Gasteiger charge is -2.33. The van der Waals surface area contributed by atoms with Gasteiger partial charge in [-0.15, -0.1) is 0 Å². The van der Waals surface area contributed by atoms with Gasteiger partial charge in [-0.2, -0.15) is 0 Å². The molecule has 2 aliphatic rings. The van der Waals surface area contributed by atoms with E-state index in [4.69, 9.17) is 5.73 Å². The van der Waals surface area contributed by atoms with E-state index in [1.165, 1.54) is 19.5 Å². The van der Waals surface area contributed by atoms with Crippen LogP contribution >= 0.6 is 0 Å². The molecule has 1 aliphatic heterocycles. The topological polar surface area (TPSA) is 61.6 Å². The molecule has 2 rings (SSSR count). The molecule has 1 heterocycles. The van der Waals surface area contributed by atoms with Crippen molar-refractivity contribution in [1.82, 2.24) is 15.1 Å².